The van der Waals surface area contributed by atoms with E-state index in [9.17, 15) is 9.90 Å². The second-order valence-electron chi connectivity index (χ2n) is 4.44. The molecule has 0 bridgehead atoms. The zero-order chi connectivity index (χ0) is 11.6. The van der Waals surface area contributed by atoms with Crippen molar-refractivity contribution in [2.45, 2.75) is 38.3 Å². The Bertz CT molecular complexity index is 363. The highest BCUT2D eigenvalue weighted by Gasteiger charge is 2.41. The van der Waals surface area contributed by atoms with Gasteiger partial charge in [0, 0.05) is 6.07 Å². The highest BCUT2D eigenvalue weighted by molar-refractivity contribution is 5.78. The Morgan fingerprint density at radius 1 is 1.69 bits per heavy atom. The van der Waals surface area contributed by atoms with Gasteiger partial charge in [0.25, 0.3) is 0 Å². The Kier molecular flexibility index (Phi) is 2.96. The van der Waals surface area contributed by atoms with E-state index in [0.717, 1.165) is 25.1 Å². The van der Waals surface area contributed by atoms with E-state index in [0.29, 0.717) is 13.0 Å². The molecular formula is C11H16N2O3. The fourth-order valence-electron chi connectivity index (χ4n) is 2.18. The van der Waals surface area contributed by atoms with Crippen molar-refractivity contribution in [1.29, 1.82) is 0 Å². The number of piperidine rings is 1. The molecule has 0 radical (unpaired) electrons. The smallest absolute Gasteiger partial charge is 0.323 e. The number of carboxylic acid groups (broad SMARTS) is 1. The molecule has 2 rings (SSSR count). The lowest BCUT2D eigenvalue weighted by Gasteiger charge is -2.40. The highest BCUT2D eigenvalue weighted by Crippen LogP contribution is 2.29. The molecule has 1 aromatic rings. The summed E-state index contributed by atoms with van der Waals surface area (Å²) in [7, 11) is 0. The number of hydrogen-bond donors (Lipinski definition) is 1. The summed E-state index contributed by atoms with van der Waals surface area (Å²) < 4.78 is 5.02. The Labute approximate surface area is 94.0 Å². The first-order valence-corrected chi connectivity index (χ1v) is 5.51. The maximum absolute atomic E-state index is 11.3. The normalized spacial score (nSPS) is 26.8. The van der Waals surface area contributed by atoms with Crippen molar-refractivity contribution in [3.63, 3.8) is 0 Å². The lowest BCUT2D eigenvalue weighted by molar-refractivity contribution is -0.153. The van der Waals surface area contributed by atoms with Crippen molar-refractivity contribution in [2.24, 2.45) is 0 Å². The van der Waals surface area contributed by atoms with Gasteiger partial charge in [-0.05, 0) is 32.7 Å². The molecule has 1 N–H and O–H groups in total. The molecule has 1 fully saturated rings. The number of likely N-dealkylation sites (tertiary alicyclic amines) is 1. The molecule has 1 atom stereocenters. The summed E-state index contributed by atoms with van der Waals surface area (Å²) in [5, 5.41) is 12.9. The summed E-state index contributed by atoms with van der Waals surface area (Å²) in [4.78, 5) is 13.3. The number of carboxylic acids is 1. The molecular weight excluding hydrogens is 208 g/mol. The predicted octanol–water partition coefficient (Wildman–Crippen LogP) is 1.50. The first-order chi connectivity index (χ1) is 7.63. The van der Waals surface area contributed by atoms with E-state index >= 15 is 0 Å². The van der Waals surface area contributed by atoms with E-state index < -0.39 is 11.5 Å². The van der Waals surface area contributed by atoms with Crippen LogP contribution in [0, 0.1) is 0 Å². The third-order valence-electron chi connectivity index (χ3n) is 3.34. The minimum atomic E-state index is -0.773. The molecule has 16 heavy (non-hydrogen) atoms. The van der Waals surface area contributed by atoms with Gasteiger partial charge in [0.15, 0.2) is 5.76 Å². The van der Waals surface area contributed by atoms with Crippen LogP contribution in [0.5, 0.6) is 0 Å². The molecule has 1 aliphatic rings. The van der Waals surface area contributed by atoms with Gasteiger partial charge in [0.05, 0.1) is 12.7 Å². The topological polar surface area (TPSA) is 66.6 Å². The molecule has 1 unspecified atom stereocenters. The fourth-order valence-corrected chi connectivity index (χ4v) is 2.18. The molecule has 0 aliphatic carbocycles. The van der Waals surface area contributed by atoms with Crippen LogP contribution in [0.4, 0.5) is 0 Å². The van der Waals surface area contributed by atoms with Crippen LogP contribution in [0.2, 0.25) is 0 Å². The van der Waals surface area contributed by atoms with E-state index in [1.54, 1.807) is 19.2 Å². The number of aromatic nitrogens is 1. The lowest BCUT2D eigenvalue weighted by atomic mass is 9.88. The summed E-state index contributed by atoms with van der Waals surface area (Å²) in [5.41, 5.74) is -0.773. The maximum atomic E-state index is 11.3. The van der Waals surface area contributed by atoms with Gasteiger partial charge < -0.3 is 9.63 Å². The van der Waals surface area contributed by atoms with Crippen molar-refractivity contribution >= 4 is 5.97 Å². The van der Waals surface area contributed by atoms with E-state index in [2.05, 4.69) is 5.16 Å². The fraction of sp³-hybridized carbons (Fsp3) is 0.636. The zero-order valence-electron chi connectivity index (χ0n) is 9.35. The van der Waals surface area contributed by atoms with E-state index in [1.165, 1.54) is 0 Å². The van der Waals surface area contributed by atoms with Crippen LogP contribution in [0.15, 0.2) is 16.8 Å². The molecule has 88 valence electrons. The van der Waals surface area contributed by atoms with Crippen LogP contribution in [0.1, 0.15) is 31.9 Å². The average Bonchev–Trinajstić information content (AvgIpc) is 2.74. The number of nitrogens with zero attached hydrogens (tertiary/aromatic N) is 2. The summed E-state index contributed by atoms with van der Waals surface area (Å²) in [6, 6.07) is 1.77. The molecule has 1 aliphatic heterocycles. The van der Waals surface area contributed by atoms with Gasteiger partial charge >= 0.3 is 5.97 Å². The van der Waals surface area contributed by atoms with Gasteiger partial charge in [-0.1, -0.05) is 5.16 Å². The first kappa shape index (κ1) is 11.1. The van der Waals surface area contributed by atoms with Crippen molar-refractivity contribution in [3.05, 3.63) is 18.0 Å². The van der Waals surface area contributed by atoms with Crippen molar-refractivity contribution in [3.8, 4) is 0 Å². The molecule has 0 saturated carbocycles. The van der Waals surface area contributed by atoms with E-state index in [1.807, 2.05) is 4.90 Å². The second kappa shape index (κ2) is 4.25. The average molecular weight is 224 g/mol. The second-order valence-corrected chi connectivity index (χ2v) is 4.44. The van der Waals surface area contributed by atoms with Crippen LogP contribution in [-0.4, -0.2) is 33.2 Å². The molecule has 0 amide bonds. The third-order valence-corrected chi connectivity index (χ3v) is 3.34. The van der Waals surface area contributed by atoms with E-state index in [4.69, 9.17) is 4.52 Å². The Hall–Kier alpha value is -1.36. The van der Waals surface area contributed by atoms with Gasteiger partial charge in [0.1, 0.15) is 5.54 Å². The van der Waals surface area contributed by atoms with Crippen molar-refractivity contribution in [1.82, 2.24) is 10.1 Å². The molecule has 0 spiro atoms. The number of rotatable bonds is 3. The van der Waals surface area contributed by atoms with Crippen LogP contribution in [-0.2, 0) is 11.3 Å². The number of aliphatic carboxylic acids is 1. The minimum Gasteiger partial charge on any atom is -0.480 e. The zero-order valence-corrected chi connectivity index (χ0v) is 9.35. The summed E-state index contributed by atoms with van der Waals surface area (Å²) in [6.07, 6.45) is 4.28. The molecule has 1 aromatic heterocycles. The van der Waals surface area contributed by atoms with Gasteiger partial charge in [0.2, 0.25) is 0 Å². The van der Waals surface area contributed by atoms with Crippen LogP contribution in [0.25, 0.3) is 0 Å². The standard InChI is InChI=1S/C11H16N2O3/c1-11(10(14)15)5-2-3-7-13(11)8-9-4-6-12-16-9/h4,6H,2-3,5,7-8H2,1H3,(H,14,15). The molecule has 5 heteroatoms. The summed E-state index contributed by atoms with van der Waals surface area (Å²) in [5.74, 6) is -0.0407. The molecule has 5 nitrogen and oxygen atoms in total. The van der Waals surface area contributed by atoms with Gasteiger partial charge in [-0.15, -0.1) is 0 Å². The summed E-state index contributed by atoms with van der Waals surface area (Å²) in [6.45, 7) is 3.09. The first-order valence-electron chi connectivity index (χ1n) is 5.51. The number of hydrogen-bond acceptors (Lipinski definition) is 4. The van der Waals surface area contributed by atoms with Gasteiger partial charge in [-0.2, -0.15) is 0 Å². The minimum absolute atomic E-state index is 0.517. The SMILES string of the molecule is CC1(C(=O)O)CCCCN1Cc1ccno1. The molecule has 2 heterocycles. The maximum Gasteiger partial charge on any atom is 0.323 e. The van der Waals surface area contributed by atoms with Gasteiger partial charge in [-0.3, -0.25) is 9.69 Å². The van der Waals surface area contributed by atoms with Crippen LogP contribution < -0.4 is 0 Å². The summed E-state index contributed by atoms with van der Waals surface area (Å²) >= 11 is 0. The van der Waals surface area contributed by atoms with Crippen LogP contribution in [0.3, 0.4) is 0 Å². The Balaban J connectivity index is 2.14. The highest BCUT2D eigenvalue weighted by atomic mass is 16.5. The monoisotopic (exact) mass is 224 g/mol. The number of carbonyl (C=O) groups is 1. The molecule has 1 saturated heterocycles. The lowest BCUT2D eigenvalue weighted by Crippen LogP contribution is -2.54. The van der Waals surface area contributed by atoms with Crippen molar-refractivity contribution in [2.75, 3.05) is 6.54 Å². The van der Waals surface area contributed by atoms with Gasteiger partial charge in [-0.25, -0.2) is 0 Å². The quantitative estimate of drug-likeness (QED) is 0.842. The van der Waals surface area contributed by atoms with E-state index in [-0.39, 0.29) is 0 Å². The van der Waals surface area contributed by atoms with Crippen molar-refractivity contribution < 1.29 is 14.4 Å². The molecule has 0 aromatic carbocycles. The Morgan fingerprint density at radius 3 is 3.12 bits per heavy atom. The third kappa shape index (κ3) is 1.95. The predicted molar refractivity (Wildman–Crippen MR) is 56.8 cm³/mol. The largest absolute Gasteiger partial charge is 0.480 e. The van der Waals surface area contributed by atoms with Crippen LogP contribution >= 0.6 is 0 Å². The Morgan fingerprint density at radius 2 is 2.50 bits per heavy atom.